The summed E-state index contributed by atoms with van der Waals surface area (Å²) in [4.78, 5) is 27.3. The molecule has 0 radical (unpaired) electrons. The average molecular weight is 412 g/mol. The largest absolute Gasteiger partial charge is 0.461 e. The van der Waals surface area contributed by atoms with E-state index in [-0.39, 0.29) is 23.5 Å². The summed E-state index contributed by atoms with van der Waals surface area (Å²) in [6.07, 6.45) is -10.1. The summed E-state index contributed by atoms with van der Waals surface area (Å²) in [6.45, 7) is 1.63. The van der Waals surface area contributed by atoms with Crippen LogP contribution in [0.3, 0.4) is 0 Å². The van der Waals surface area contributed by atoms with Gasteiger partial charge in [0, 0.05) is 10.9 Å². The lowest BCUT2D eigenvalue weighted by Gasteiger charge is -2.13. The molecule has 1 amide bonds. The van der Waals surface area contributed by atoms with E-state index in [1.165, 1.54) is 5.38 Å². The van der Waals surface area contributed by atoms with Crippen molar-refractivity contribution in [3.8, 4) is 0 Å². The maximum Gasteiger partial charge on any atom is 0.416 e. The fourth-order valence-corrected chi connectivity index (χ4v) is 2.56. The van der Waals surface area contributed by atoms with Gasteiger partial charge in [-0.2, -0.15) is 26.3 Å². The molecule has 1 aromatic heterocycles. The standard InChI is InChI=1S/C15H10F6N2O3S/c1-2-26-12(25)10-6-27-13(22-10)23-11(24)7-3-8(14(16,17)18)5-9(4-7)15(19,20)21/h3-6H,2H2,1H3,(H,22,23,24). The number of carbonyl (C=O) groups excluding carboxylic acids is 2. The normalized spacial score (nSPS) is 12.0. The second-order valence-electron chi connectivity index (χ2n) is 5.01. The van der Waals surface area contributed by atoms with Gasteiger partial charge in [-0.15, -0.1) is 11.3 Å². The van der Waals surface area contributed by atoms with Crippen LogP contribution in [0.4, 0.5) is 31.5 Å². The minimum absolute atomic E-state index is 0.0719. The van der Waals surface area contributed by atoms with Gasteiger partial charge in [-0.05, 0) is 25.1 Å². The van der Waals surface area contributed by atoms with Crippen molar-refractivity contribution in [3.63, 3.8) is 0 Å². The first-order chi connectivity index (χ1) is 12.4. The van der Waals surface area contributed by atoms with Crippen molar-refractivity contribution in [1.82, 2.24) is 4.98 Å². The van der Waals surface area contributed by atoms with Crippen molar-refractivity contribution in [3.05, 3.63) is 46.0 Å². The first kappa shape index (κ1) is 20.7. The molecule has 5 nitrogen and oxygen atoms in total. The van der Waals surface area contributed by atoms with Gasteiger partial charge in [-0.3, -0.25) is 10.1 Å². The zero-order valence-corrected chi connectivity index (χ0v) is 14.2. The predicted molar refractivity (Wildman–Crippen MR) is 82.5 cm³/mol. The molecule has 146 valence electrons. The summed E-state index contributed by atoms with van der Waals surface area (Å²) in [5.74, 6) is -2.02. The molecule has 0 fully saturated rings. The Bertz CT molecular complexity index is 828. The molecule has 2 rings (SSSR count). The highest BCUT2D eigenvalue weighted by Crippen LogP contribution is 2.36. The number of amides is 1. The molecule has 1 heterocycles. The van der Waals surface area contributed by atoms with Crippen molar-refractivity contribution in [2.24, 2.45) is 0 Å². The molecule has 0 saturated carbocycles. The van der Waals surface area contributed by atoms with E-state index < -0.39 is 40.9 Å². The number of halogens is 6. The van der Waals surface area contributed by atoms with Gasteiger partial charge in [-0.25, -0.2) is 9.78 Å². The van der Waals surface area contributed by atoms with Crippen molar-refractivity contribution in [2.75, 3.05) is 11.9 Å². The lowest BCUT2D eigenvalue weighted by molar-refractivity contribution is -0.143. The quantitative estimate of drug-likeness (QED) is 0.588. The lowest BCUT2D eigenvalue weighted by Crippen LogP contribution is -2.17. The van der Waals surface area contributed by atoms with Crippen LogP contribution in [0.5, 0.6) is 0 Å². The molecule has 1 N–H and O–H groups in total. The SMILES string of the molecule is CCOC(=O)c1csc(NC(=O)c2cc(C(F)(F)F)cc(C(F)(F)F)c2)n1. The molecule has 0 aliphatic rings. The highest BCUT2D eigenvalue weighted by Gasteiger charge is 2.37. The van der Waals surface area contributed by atoms with Crippen LogP contribution in [0.25, 0.3) is 0 Å². The van der Waals surface area contributed by atoms with Gasteiger partial charge in [0.05, 0.1) is 17.7 Å². The minimum atomic E-state index is -5.07. The maximum atomic E-state index is 12.8. The minimum Gasteiger partial charge on any atom is -0.461 e. The number of anilines is 1. The Morgan fingerprint density at radius 3 is 2.11 bits per heavy atom. The van der Waals surface area contributed by atoms with Gasteiger partial charge in [0.15, 0.2) is 10.8 Å². The molecule has 0 aliphatic carbocycles. The Morgan fingerprint density at radius 2 is 1.63 bits per heavy atom. The molecule has 0 aliphatic heterocycles. The summed E-state index contributed by atoms with van der Waals surface area (Å²) in [5.41, 5.74) is -4.25. The number of carbonyl (C=O) groups is 2. The third kappa shape index (κ3) is 5.18. The number of alkyl halides is 6. The van der Waals surface area contributed by atoms with Gasteiger partial charge in [-0.1, -0.05) is 0 Å². The van der Waals surface area contributed by atoms with Gasteiger partial charge in [0.1, 0.15) is 0 Å². The van der Waals surface area contributed by atoms with E-state index in [4.69, 9.17) is 0 Å². The topological polar surface area (TPSA) is 68.3 Å². The molecular formula is C15H10F6N2O3S. The average Bonchev–Trinajstić information content (AvgIpc) is 3.01. The maximum absolute atomic E-state index is 12.8. The highest BCUT2D eigenvalue weighted by atomic mass is 32.1. The van der Waals surface area contributed by atoms with Crippen LogP contribution >= 0.6 is 11.3 Å². The number of rotatable bonds is 4. The number of hydrogen-bond acceptors (Lipinski definition) is 5. The molecule has 27 heavy (non-hydrogen) atoms. The first-order valence-corrected chi connectivity index (χ1v) is 8.03. The Morgan fingerprint density at radius 1 is 1.07 bits per heavy atom. The van der Waals surface area contributed by atoms with Gasteiger partial charge >= 0.3 is 18.3 Å². The van der Waals surface area contributed by atoms with E-state index in [1.54, 1.807) is 6.92 Å². The summed E-state index contributed by atoms with van der Waals surface area (Å²) in [5, 5.41) is 3.10. The smallest absolute Gasteiger partial charge is 0.416 e. The Kier molecular flexibility index (Phi) is 5.78. The van der Waals surface area contributed by atoms with Crippen LogP contribution < -0.4 is 5.32 Å². The fourth-order valence-electron chi connectivity index (χ4n) is 1.89. The highest BCUT2D eigenvalue weighted by molar-refractivity contribution is 7.14. The molecule has 1 aromatic carbocycles. The van der Waals surface area contributed by atoms with Gasteiger partial charge in [0.2, 0.25) is 0 Å². The van der Waals surface area contributed by atoms with Gasteiger partial charge < -0.3 is 4.74 Å². The third-order valence-corrected chi connectivity index (χ3v) is 3.82. The molecule has 0 atom stereocenters. The summed E-state index contributed by atoms with van der Waals surface area (Å²) >= 11 is 0.758. The van der Waals surface area contributed by atoms with E-state index in [2.05, 4.69) is 15.0 Å². The van der Waals surface area contributed by atoms with Crippen LogP contribution in [-0.4, -0.2) is 23.5 Å². The van der Waals surface area contributed by atoms with E-state index in [0.717, 1.165) is 11.3 Å². The number of nitrogens with one attached hydrogen (secondary N) is 1. The zero-order chi connectivity index (χ0) is 20.4. The van der Waals surface area contributed by atoms with E-state index in [1.807, 2.05) is 0 Å². The van der Waals surface area contributed by atoms with Crippen molar-refractivity contribution >= 4 is 28.3 Å². The Balaban J connectivity index is 2.32. The molecular weight excluding hydrogens is 402 g/mol. The number of nitrogens with zero attached hydrogens (tertiary/aromatic N) is 1. The second-order valence-corrected chi connectivity index (χ2v) is 5.87. The monoisotopic (exact) mass is 412 g/mol. The van der Waals surface area contributed by atoms with Crippen molar-refractivity contribution < 1.29 is 40.7 Å². The summed E-state index contributed by atoms with van der Waals surface area (Å²) in [7, 11) is 0. The van der Waals surface area contributed by atoms with E-state index in [0.29, 0.717) is 12.1 Å². The van der Waals surface area contributed by atoms with Crippen molar-refractivity contribution in [2.45, 2.75) is 19.3 Å². The van der Waals surface area contributed by atoms with E-state index in [9.17, 15) is 35.9 Å². The first-order valence-electron chi connectivity index (χ1n) is 7.15. The Hall–Kier alpha value is -2.63. The molecule has 0 bridgehead atoms. The lowest BCUT2D eigenvalue weighted by atomic mass is 10.0. The number of thiazole rings is 1. The molecule has 12 heteroatoms. The van der Waals surface area contributed by atoms with Crippen LogP contribution in [0.2, 0.25) is 0 Å². The van der Waals surface area contributed by atoms with E-state index >= 15 is 0 Å². The number of ether oxygens (including phenoxy) is 1. The number of hydrogen-bond donors (Lipinski definition) is 1. The van der Waals surface area contributed by atoms with Gasteiger partial charge in [0.25, 0.3) is 5.91 Å². The van der Waals surface area contributed by atoms with Crippen LogP contribution in [0.15, 0.2) is 23.6 Å². The molecule has 0 spiro atoms. The number of esters is 1. The Labute approximate surface area is 152 Å². The summed E-state index contributed by atoms with van der Waals surface area (Å²) in [6, 6.07) is 0.508. The second kappa shape index (κ2) is 7.55. The van der Waals surface area contributed by atoms with Crippen LogP contribution in [-0.2, 0) is 17.1 Å². The number of aromatic nitrogens is 1. The molecule has 0 unspecified atom stereocenters. The van der Waals surface area contributed by atoms with Crippen LogP contribution in [0.1, 0.15) is 38.9 Å². The number of benzene rings is 1. The third-order valence-electron chi connectivity index (χ3n) is 3.06. The van der Waals surface area contributed by atoms with Crippen LogP contribution in [0, 0.1) is 0 Å². The summed E-state index contributed by atoms with van der Waals surface area (Å²) < 4.78 is 81.7. The fraction of sp³-hybridized carbons (Fsp3) is 0.267. The zero-order valence-electron chi connectivity index (χ0n) is 13.4. The molecule has 2 aromatic rings. The van der Waals surface area contributed by atoms with Crippen molar-refractivity contribution in [1.29, 1.82) is 0 Å². The predicted octanol–water partition coefficient (Wildman–Crippen LogP) is 4.61. The molecule has 0 saturated heterocycles.